The summed E-state index contributed by atoms with van der Waals surface area (Å²) in [4.78, 5) is 14.8. The molecule has 0 saturated carbocycles. The average molecular weight is 323 g/mol. The summed E-state index contributed by atoms with van der Waals surface area (Å²) in [7, 11) is 0. The Morgan fingerprint density at radius 2 is 1.54 bits per heavy atom. The molecule has 1 aliphatic heterocycles. The Kier molecular flexibility index (Phi) is 5.44. The molecule has 3 heteroatoms. The first kappa shape index (κ1) is 16.9. The molecule has 0 spiro atoms. The first-order chi connectivity index (χ1) is 11.6. The van der Waals surface area contributed by atoms with Crippen molar-refractivity contribution >= 4 is 5.78 Å². The summed E-state index contributed by atoms with van der Waals surface area (Å²) < 4.78 is 5.74. The smallest absolute Gasteiger partial charge is 0.164 e. The van der Waals surface area contributed by atoms with Crippen LogP contribution in [0.2, 0.25) is 0 Å². The highest BCUT2D eigenvalue weighted by Gasteiger charge is 2.22. The van der Waals surface area contributed by atoms with E-state index in [1.807, 2.05) is 42.5 Å². The van der Waals surface area contributed by atoms with Gasteiger partial charge in [0.15, 0.2) is 5.78 Å². The van der Waals surface area contributed by atoms with E-state index in [4.69, 9.17) is 4.74 Å². The summed E-state index contributed by atoms with van der Waals surface area (Å²) in [6.45, 7) is 6.80. The maximum atomic E-state index is 12.4. The predicted octanol–water partition coefficient (Wildman–Crippen LogP) is 4.04. The van der Waals surface area contributed by atoms with Crippen molar-refractivity contribution in [3.05, 3.63) is 60.2 Å². The summed E-state index contributed by atoms with van der Waals surface area (Å²) >= 11 is 0. The summed E-state index contributed by atoms with van der Waals surface area (Å²) in [6, 6.07) is 18.2. The summed E-state index contributed by atoms with van der Waals surface area (Å²) in [5.74, 6) is 0.210. The predicted molar refractivity (Wildman–Crippen MR) is 97.3 cm³/mol. The number of morpholine rings is 1. The highest BCUT2D eigenvalue weighted by atomic mass is 16.5. The zero-order valence-electron chi connectivity index (χ0n) is 14.4. The first-order valence-electron chi connectivity index (χ1n) is 8.68. The molecule has 0 bridgehead atoms. The van der Waals surface area contributed by atoms with Gasteiger partial charge < -0.3 is 4.74 Å². The molecule has 2 aromatic rings. The number of Topliss-reactive ketones (excluding diaryl/α,β-unsaturated/α-hetero) is 1. The van der Waals surface area contributed by atoms with Gasteiger partial charge in [0, 0.05) is 31.6 Å². The SMILES string of the molecule is C[C@@H]1CN(CCC(=O)c2ccc(-c3ccccc3)cc2)C[C@H](C)O1. The molecular weight excluding hydrogens is 298 g/mol. The second kappa shape index (κ2) is 7.73. The lowest BCUT2D eigenvalue weighted by molar-refractivity contribution is -0.0675. The van der Waals surface area contributed by atoms with E-state index in [2.05, 4.69) is 30.9 Å². The van der Waals surface area contributed by atoms with E-state index in [0.29, 0.717) is 6.42 Å². The van der Waals surface area contributed by atoms with Gasteiger partial charge in [0.25, 0.3) is 0 Å². The lowest BCUT2D eigenvalue weighted by Gasteiger charge is -2.35. The fourth-order valence-electron chi connectivity index (χ4n) is 3.35. The molecule has 1 heterocycles. The van der Waals surface area contributed by atoms with E-state index in [0.717, 1.165) is 30.8 Å². The van der Waals surface area contributed by atoms with E-state index in [-0.39, 0.29) is 18.0 Å². The van der Waals surface area contributed by atoms with Crippen molar-refractivity contribution in [2.45, 2.75) is 32.5 Å². The van der Waals surface area contributed by atoms with E-state index >= 15 is 0 Å². The van der Waals surface area contributed by atoms with Gasteiger partial charge in [0.1, 0.15) is 0 Å². The number of nitrogens with zero attached hydrogens (tertiary/aromatic N) is 1. The van der Waals surface area contributed by atoms with Crippen LogP contribution < -0.4 is 0 Å². The summed E-state index contributed by atoms with van der Waals surface area (Å²) in [5.41, 5.74) is 3.11. The number of rotatable bonds is 5. The Hall–Kier alpha value is -1.97. The molecule has 24 heavy (non-hydrogen) atoms. The minimum Gasteiger partial charge on any atom is -0.373 e. The molecule has 3 rings (SSSR count). The van der Waals surface area contributed by atoms with Crippen molar-refractivity contribution in [3.8, 4) is 11.1 Å². The molecule has 1 fully saturated rings. The molecule has 0 amide bonds. The molecule has 0 aliphatic carbocycles. The largest absolute Gasteiger partial charge is 0.373 e. The number of ether oxygens (including phenoxy) is 1. The molecule has 0 N–H and O–H groups in total. The quantitative estimate of drug-likeness (QED) is 0.778. The third kappa shape index (κ3) is 4.31. The number of benzene rings is 2. The second-order valence-electron chi connectivity index (χ2n) is 6.63. The van der Waals surface area contributed by atoms with Crippen LogP contribution in [0, 0.1) is 0 Å². The highest BCUT2D eigenvalue weighted by Crippen LogP contribution is 2.20. The fourth-order valence-corrected chi connectivity index (χ4v) is 3.35. The highest BCUT2D eigenvalue weighted by molar-refractivity contribution is 5.96. The topological polar surface area (TPSA) is 29.5 Å². The van der Waals surface area contributed by atoms with Gasteiger partial charge >= 0.3 is 0 Å². The Morgan fingerprint density at radius 1 is 0.958 bits per heavy atom. The van der Waals surface area contributed by atoms with Crippen LogP contribution in [0.5, 0.6) is 0 Å². The number of ketones is 1. The van der Waals surface area contributed by atoms with E-state index < -0.39 is 0 Å². The van der Waals surface area contributed by atoms with Crippen LogP contribution in [0.3, 0.4) is 0 Å². The average Bonchev–Trinajstić information content (AvgIpc) is 2.60. The molecule has 3 nitrogen and oxygen atoms in total. The van der Waals surface area contributed by atoms with Gasteiger partial charge in [-0.25, -0.2) is 0 Å². The Morgan fingerprint density at radius 3 is 2.17 bits per heavy atom. The molecule has 0 aromatic heterocycles. The maximum Gasteiger partial charge on any atom is 0.164 e. The second-order valence-corrected chi connectivity index (χ2v) is 6.63. The van der Waals surface area contributed by atoms with Crippen molar-refractivity contribution in [2.75, 3.05) is 19.6 Å². The Balaban J connectivity index is 1.57. The Labute approximate surface area is 144 Å². The zero-order chi connectivity index (χ0) is 16.9. The molecule has 126 valence electrons. The van der Waals surface area contributed by atoms with Crippen LogP contribution in [0.15, 0.2) is 54.6 Å². The van der Waals surface area contributed by atoms with Crippen LogP contribution in [-0.2, 0) is 4.74 Å². The van der Waals surface area contributed by atoms with Crippen LogP contribution in [0.25, 0.3) is 11.1 Å². The van der Waals surface area contributed by atoms with Crippen molar-refractivity contribution in [3.63, 3.8) is 0 Å². The summed E-state index contributed by atoms with van der Waals surface area (Å²) in [5, 5.41) is 0. The normalized spacial score (nSPS) is 21.6. The minimum atomic E-state index is 0.210. The Bertz CT molecular complexity index is 656. The van der Waals surface area contributed by atoms with Crippen molar-refractivity contribution in [1.29, 1.82) is 0 Å². The number of carbonyl (C=O) groups excluding carboxylic acids is 1. The molecular formula is C21H25NO2. The van der Waals surface area contributed by atoms with Gasteiger partial charge in [0.05, 0.1) is 12.2 Å². The van der Waals surface area contributed by atoms with E-state index in [1.54, 1.807) is 0 Å². The van der Waals surface area contributed by atoms with Crippen molar-refractivity contribution < 1.29 is 9.53 Å². The van der Waals surface area contributed by atoms with Gasteiger partial charge in [-0.3, -0.25) is 9.69 Å². The van der Waals surface area contributed by atoms with Crippen molar-refractivity contribution in [2.24, 2.45) is 0 Å². The molecule has 1 saturated heterocycles. The fraction of sp³-hybridized carbons (Fsp3) is 0.381. The molecule has 0 radical (unpaired) electrons. The van der Waals surface area contributed by atoms with Gasteiger partial charge in [-0.05, 0) is 25.0 Å². The maximum absolute atomic E-state index is 12.4. The van der Waals surface area contributed by atoms with E-state index in [9.17, 15) is 4.79 Å². The third-order valence-electron chi connectivity index (χ3n) is 4.46. The molecule has 1 aliphatic rings. The zero-order valence-corrected chi connectivity index (χ0v) is 14.4. The van der Waals surface area contributed by atoms with Gasteiger partial charge in [-0.2, -0.15) is 0 Å². The lowest BCUT2D eigenvalue weighted by atomic mass is 10.0. The van der Waals surface area contributed by atoms with Crippen LogP contribution in [0.4, 0.5) is 0 Å². The summed E-state index contributed by atoms with van der Waals surface area (Å²) in [6.07, 6.45) is 1.05. The minimum absolute atomic E-state index is 0.210. The monoisotopic (exact) mass is 323 g/mol. The van der Waals surface area contributed by atoms with Crippen molar-refractivity contribution in [1.82, 2.24) is 4.90 Å². The van der Waals surface area contributed by atoms with Crippen LogP contribution in [0.1, 0.15) is 30.6 Å². The van der Waals surface area contributed by atoms with Gasteiger partial charge in [-0.15, -0.1) is 0 Å². The number of hydrogen-bond donors (Lipinski definition) is 0. The van der Waals surface area contributed by atoms with E-state index in [1.165, 1.54) is 5.56 Å². The lowest BCUT2D eigenvalue weighted by Crippen LogP contribution is -2.46. The van der Waals surface area contributed by atoms with Gasteiger partial charge in [-0.1, -0.05) is 54.6 Å². The third-order valence-corrected chi connectivity index (χ3v) is 4.46. The van der Waals surface area contributed by atoms with Gasteiger partial charge in [0.2, 0.25) is 0 Å². The number of carbonyl (C=O) groups is 1. The molecule has 2 atom stereocenters. The van der Waals surface area contributed by atoms with Crippen LogP contribution in [-0.4, -0.2) is 42.5 Å². The first-order valence-corrected chi connectivity index (χ1v) is 8.68. The standard InChI is InChI=1S/C21H25NO2/c1-16-14-22(15-17(2)24-16)13-12-21(23)20-10-8-19(9-11-20)18-6-4-3-5-7-18/h3-11,16-17H,12-15H2,1-2H3/t16-,17+. The molecule has 2 aromatic carbocycles. The number of hydrogen-bond acceptors (Lipinski definition) is 3. The van der Waals surface area contributed by atoms with Crippen LogP contribution >= 0.6 is 0 Å². The molecule has 0 unspecified atom stereocenters.